The Balaban J connectivity index is 1.68. The first-order valence-electron chi connectivity index (χ1n) is 8.72. The van der Waals surface area contributed by atoms with Crippen molar-refractivity contribution in [3.05, 3.63) is 54.5 Å². The van der Waals surface area contributed by atoms with Gasteiger partial charge in [-0.3, -0.25) is 14.5 Å². The fraction of sp³-hybridized carbons (Fsp3) is 0.263. The molecule has 0 atom stereocenters. The van der Waals surface area contributed by atoms with Crippen LogP contribution in [0.2, 0.25) is 0 Å². The Morgan fingerprint density at radius 2 is 2.04 bits per heavy atom. The fourth-order valence-electron chi connectivity index (χ4n) is 2.64. The first-order valence-corrected chi connectivity index (χ1v) is 10.2. The van der Waals surface area contributed by atoms with Gasteiger partial charge in [0.15, 0.2) is 0 Å². The van der Waals surface area contributed by atoms with E-state index >= 15 is 0 Å². The highest BCUT2D eigenvalue weighted by Gasteiger charge is 2.17. The van der Waals surface area contributed by atoms with E-state index in [4.69, 9.17) is 4.42 Å². The van der Waals surface area contributed by atoms with Gasteiger partial charge < -0.3 is 9.73 Å². The van der Waals surface area contributed by atoms with Crippen molar-refractivity contribution in [1.29, 1.82) is 0 Å². The molecule has 0 spiro atoms. The second-order valence-electron chi connectivity index (χ2n) is 6.11. The van der Waals surface area contributed by atoms with Gasteiger partial charge in [0.1, 0.15) is 11.6 Å². The third-order valence-corrected chi connectivity index (χ3v) is 5.36. The van der Waals surface area contributed by atoms with Crippen LogP contribution in [0.4, 0.5) is 5.69 Å². The summed E-state index contributed by atoms with van der Waals surface area (Å²) < 4.78 is 32.9. The standard InChI is InChI=1S/C19H21N3O4S/c23-19(11-10-16-7-5-13-26-16)21-15-6-4-8-17(14-15)27(24,25)22-18-9-2-1-3-12-20-18/h4-8,10-11,13-14H,1-3,9,12H2,(H,20,22)(H,21,23). The second-order valence-corrected chi connectivity index (χ2v) is 7.79. The van der Waals surface area contributed by atoms with Crippen molar-refractivity contribution in [2.75, 3.05) is 11.9 Å². The molecule has 1 amide bonds. The van der Waals surface area contributed by atoms with Crippen LogP contribution in [-0.2, 0) is 14.8 Å². The number of carbonyl (C=O) groups is 1. The third-order valence-electron chi connectivity index (χ3n) is 3.98. The van der Waals surface area contributed by atoms with Gasteiger partial charge in [-0.2, -0.15) is 0 Å². The SMILES string of the molecule is O=C(C=Cc1ccco1)Nc1cccc(S(=O)(=O)NC2=NCCCCC2)c1. The molecule has 0 bridgehead atoms. The molecule has 0 fully saturated rings. The predicted octanol–water partition coefficient (Wildman–Crippen LogP) is 3.18. The number of amides is 1. The molecule has 2 aromatic rings. The van der Waals surface area contributed by atoms with Crippen molar-refractivity contribution in [3.8, 4) is 0 Å². The molecule has 142 valence electrons. The lowest BCUT2D eigenvalue weighted by Gasteiger charge is -2.11. The molecular formula is C19H21N3O4S. The normalized spacial score (nSPS) is 15.2. The molecule has 0 saturated carbocycles. The van der Waals surface area contributed by atoms with Gasteiger partial charge >= 0.3 is 0 Å². The molecule has 0 radical (unpaired) electrons. The Hall–Kier alpha value is -2.87. The molecule has 27 heavy (non-hydrogen) atoms. The Morgan fingerprint density at radius 1 is 1.15 bits per heavy atom. The number of carbonyl (C=O) groups excluding carboxylic acids is 1. The average molecular weight is 387 g/mol. The maximum Gasteiger partial charge on any atom is 0.262 e. The van der Waals surface area contributed by atoms with E-state index < -0.39 is 10.0 Å². The van der Waals surface area contributed by atoms with Crippen LogP contribution in [0.5, 0.6) is 0 Å². The van der Waals surface area contributed by atoms with Crippen molar-refractivity contribution in [2.24, 2.45) is 4.99 Å². The van der Waals surface area contributed by atoms with Crippen LogP contribution in [0.15, 0.2) is 63.0 Å². The molecule has 7 nitrogen and oxygen atoms in total. The van der Waals surface area contributed by atoms with E-state index in [9.17, 15) is 13.2 Å². The molecule has 0 aliphatic carbocycles. The highest BCUT2D eigenvalue weighted by atomic mass is 32.2. The molecule has 1 aromatic heterocycles. The van der Waals surface area contributed by atoms with E-state index in [0.717, 1.165) is 19.3 Å². The van der Waals surface area contributed by atoms with Crippen molar-refractivity contribution < 1.29 is 17.6 Å². The lowest BCUT2D eigenvalue weighted by atomic mass is 10.2. The number of sulfonamides is 1. The smallest absolute Gasteiger partial charge is 0.262 e. The Labute approximate surface area is 158 Å². The molecule has 2 N–H and O–H groups in total. The van der Waals surface area contributed by atoms with Crippen LogP contribution in [0.25, 0.3) is 6.08 Å². The lowest BCUT2D eigenvalue weighted by Crippen LogP contribution is -2.30. The van der Waals surface area contributed by atoms with E-state index in [-0.39, 0.29) is 10.8 Å². The van der Waals surface area contributed by atoms with Gasteiger partial charge in [0.05, 0.1) is 11.2 Å². The molecule has 1 aromatic carbocycles. The highest BCUT2D eigenvalue weighted by Crippen LogP contribution is 2.17. The minimum absolute atomic E-state index is 0.0715. The monoisotopic (exact) mass is 387 g/mol. The number of rotatable bonds is 5. The number of benzene rings is 1. The zero-order valence-electron chi connectivity index (χ0n) is 14.7. The van der Waals surface area contributed by atoms with Crippen LogP contribution >= 0.6 is 0 Å². The van der Waals surface area contributed by atoms with Gasteiger partial charge in [-0.25, -0.2) is 8.42 Å². The number of anilines is 1. The minimum atomic E-state index is -3.75. The first kappa shape index (κ1) is 18.9. The highest BCUT2D eigenvalue weighted by molar-refractivity contribution is 7.90. The molecule has 2 heterocycles. The molecule has 1 aliphatic rings. The summed E-state index contributed by atoms with van der Waals surface area (Å²) in [6.07, 6.45) is 7.91. The zero-order chi connectivity index (χ0) is 19.1. The summed E-state index contributed by atoms with van der Waals surface area (Å²) in [6.45, 7) is 0.635. The Morgan fingerprint density at radius 3 is 2.85 bits per heavy atom. The van der Waals surface area contributed by atoms with Crippen LogP contribution in [0, 0.1) is 0 Å². The molecule has 0 saturated heterocycles. The Kier molecular flexibility index (Phi) is 6.08. The summed E-state index contributed by atoms with van der Waals surface area (Å²) in [5, 5.41) is 2.64. The summed E-state index contributed by atoms with van der Waals surface area (Å²) in [7, 11) is -3.75. The van der Waals surface area contributed by atoms with Crippen LogP contribution in [-0.4, -0.2) is 26.7 Å². The maximum absolute atomic E-state index is 12.6. The fourth-order valence-corrected chi connectivity index (χ4v) is 3.77. The van der Waals surface area contributed by atoms with Crippen molar-refractivity contribution in [2.45, 2.75) is 30.6 Å². The van der Waals surface area contributed by atoms with Crippen molar-refractivity contribution in [3.63, 3.8) is 0 Å². The quantitative estimate of drug-likeness (QED) is 0.770. The third kappa shape index (κ3) is 5.55. The van der Waals surface area contributed by atoms with Crippen molar-refractivity contribution in [1.82, 2.24) is 4.72 Å². The lowest BCUT2D eigenvalue weighted by molar-refractivity contribution is -0.111. The number of nitrogens with zero attached hydrogens (tertiary/aromatic N) is 1. The summed E-state index contributed by atoms with van der Waals surface area (Å²) in [5.41, 5.74) is 0.384. The largest absolute Gasteiger partial charge is 0.465 e. The Bertz CT molecular complexity index is 947. The number of amidine groups is 1. The van der Waals surface area contributed by atoms with Gasteiger partial charge in [-0.05, 0) is 49.2 Å². The predicted molar refractivity (Wildman–Crippen MR) is 104 cm³/mol. The van der Waals surface area contributed by atoms with Gasteiger partial charge in [-0.1, -0.05) is 12.5 Å². The van der Waals surface area contributed by atoms with Gasteiger partial charge in [0.2, 0.25) is 5.91 Å². The van der Waals surface area contributed by atoms with Crippen molar-refractivity contribution >= 4 is 33.5 Å². The van der Waals surface area contributed by atoms with Crippen LogP contribution < -0.4 is 10.0 Å². The molecule has 3 rings (SSSR count). The number of hydrogen-bond acceptors (Lipinski definition) is 5. The number of furan rings is 1. The van der Waals surface area contributed by atoms with E-state index in [1.807, 2.05) is 0 Å². The topological polar surface area (TPSA) is 101 Å². The van der Waals surface area contributed by atoms with Gasteiger partial charge in [0, 0.05) is 24.7 Å². The van der Waals surface area contributed by atoms with Gasteiger partial charge in [0.25, 0.3) is 10.0 Å². The summed E-state index contributed by atoms with van der Waals surface area (Å²) in [6, 6.07) is 9.54. The minimum Gasteiger partial charge on any atom is -0.465 e. The second kappa shape index (κ2) is 8.68. The van der Waals surface area contributed by atoms with Gasteiger partial charge in [-0.15, -0.1) is 0 Å². The van der Waals surface area contributed by atoms with Crippen LogP contribution in [0.1, 0.15) is 31.4 Å². The van der Waals surface area contributed by atoms with E-state index in [1.54, 1.807) is 24.3 Å². The molecular weight excluding hydrogens is 366 g/mol. The molecule has 8 heteroatoms. The van der Waals surface area contributed by atoms with E-state index in [1.165, 1.54) is 30.5 Å². The number of hydrogen-bond donors (Lipinski definition) is 2. The summed E-state index contributed by atoms with van der Waals surface area (Å²) in [5.74, 6) is 0.653. The van der Waals surface area contributed by atoms with E-state index in [2.05, 4.69) is 15.0 Å². The average Bonchev–Trinajstić information content (AvgIpc) is 3.04. The summed E-state index contributed by atoms with van der Waals surface area (Å²) in [4.78, 5) is 16.4. The molecule has 1 aliphatic heterocycles. The number of aliphatic imine (C=N–C) groups is 1. The van der Waals surface area contributed by atoms with E-state index in [0.29, 0.717) is 30.2 Å². The number of nitrogens with one attached hydrogen (secondary N) is 2. The maximum atomic E-state index is 12.6. The summed E-state index contributed by atoms with van der Waals surface area (Å²) >= 11 is 0. The van der Waals surface area contributed by atoms with Crippen LogP contribution in [0.3, 0.4) is 0 Å². The zero-order valence-corrected chi connectivity index (χ0v) is 15.5. The molecule has 0 unspecified atom stereocenters. The first-order chi connectivity index (χ1) is 13.0.